The van der Waals surface area contributed by atoms with Gasteiger partial charge in [-0.3, -0.25) is 4.98 Å². The lowest BCUT2D eigenvalue weighted by atomic mass is 9.96. The van der Waals surface area contributed by atoms with E-state index in [1.54, 1.807) is 0 Å². The van der Waals surface area contributed by atoms with Gasteiger partial charge in [-0.15, -0.1) is 0 Å². The van der Waals surface area contributed by atoms with Gasteiger partial charge in [0.1, 0.15) is 0 Å². The molecule has 2 nitrogen and oxygen atoms in total. The van der Waals surface area contributed by atoms with Gasteiger partial charge in [0.15, 0.2) is 0 Å². The van der Waals surface area contributed by atoms with Crippen molar-refractivity contribution in [1.82, 2.24) is 10.3 Å². The predicted octanol–water partition coefficient (Wildman–Crippen LogP) is 4.24. The average Bonchev–Trinajstić information content (AvgIpc) is 2.53. The molecule has 0 spiro atoms. The molecule has 0 amide bonds. The number of pyridine rings is 1. The van der Waals surface area contributed by atoms with Crippen molar-refractivity contribution >= 4 is 10.9 Å². The molecule has 0 saturated carbocycles. The Kier molecular flexibility index (Phi) is 3.98. The Balaban J connectivity index is 2.04. The van der Waals surface area contributed by atoms with Gasteiger partial charge in [-0.25, -0.2) is 0 Å². The largest absolute Gasteiger partial charge is 0.307 e. The fourth-order valence-corrected chi connectivity index (χ4v) is 2.66. The Morgan fingerprint density at radius 1 is 1.00 bits per heavy atom. The van der Waals surface area contributed by atoms with Crippen molar-refractivity contribution in [2.24, 2.45) is 0 Å². The van der Waals surface area contributed by atoms with Crippen LogP contribution < -0.4 is 5.32 Å². The standard InChI is InChI=1S/C19H20N2/c1-3-20-19(15-8-6-14(2)7-9-15)17-10-11-18-16(13-17)5-4-12-21-18/h4-13,19-20H,3H2,1-2H3. The molecule has 1 N–H and O–H groups in total. The lowest BCUT2D eigenvalue weighted by Gasteiger charge is -2.19. The highest BCUT2D eigenvalue weighted by Gasteiger charge is 2.13. The number of benzene rings is 2. The minimum atomic E-state index is 0.222. The van der Waals surface area contributed by atoms with Crippen LogP contribution in [0, 0.1) is 6.92 Å². The fourth-order valence-electron chi connectivity index (χ4n) is 2.66. The number of fused-ring (bicyclic) bond motifs is 1. The molecular weight excluding hydrogens is 256 g/mol. The molecule has 3 rings (SSSR count). The topological polar surface area (TPSA) is 24.9 Å². The third-order valence-corrected chi connectivity index (χ3v) is 3.78. The van der Waals surface area contributed by atoms with E-state index in [2.05, 4.69) is 72.7 Å². The van der Waals surface area contributed by atoms with E-state index >= 15 is 0 Å². The Bertz CT molecular complexity index is 732. The molecule has 1 aromatic heterocycles. The molecule has 106 valence electrons. The highest BCUT2D eigenvalue weighted by Crippen LogP contribution is 2.25. The van der Waals surface area contributed by atoms with Crippen LogP contribution in [0.1, 0.15) is 29.7 Å². The summed E-state index contributed by atoms with van der Waals surface area (Å²) in [5.41, 5.74) is 4.91. The third-order valence-electron chi connectivity index (χ3n) is 3.78. The molecule has 0 bridgehead atoms. The highest BCUT2D eigenvalue weighted by atomic mass is 14.9. The summed E-state index contributed by atoms with van der Waals surface area (Å²) < 4.78 is 0. The summed E-state index contributed by atoms with van der Waals surface area (Å²) in [6, 6.07) is 19.6. The fraction of sp³-hybridized carbons (Fsp3) is 0.211. The zero-order valence-corrected chi connectivity index (χ0v) is 12.5. The van der Waals surface area contributed by atoms with Crippen molar-refractivity contribution < 1.29 is 0 Å². The van der Waals surface area contributed by atoms with Crippen LogP contribution in [0.4, 0.5) is 0 Å². The van der Waals surface area contributed by atoms with E-state index in [9.17, 15) is 0 Å². The number of rotatable bonds is 4. The van der Waals surface area contributed by atoms with Gasteiger partial charge in [-0.1, -0.05) is 48.9 Å². The summed E-state index contributed by atoms with van der Waals surface area (Å²) >= 11 is 0. The van der Waals surface area contributed by atoms with Crippen molar-refractivity contribution in [3.8, 4) is 0 Å². The molecule has 1 heterocycles. The molecule has 2 heteroatoms. The zero-order chi connectivity index (χ0) is 14.7. The first-order valence-electron chi connectivity index (χ1n) is 7.42. The maximum atomic E-state index is 4.39. The number of hydrogen-bond acceptors (Lipinski definition) is 2. The van der Waals surface area contributed by atoms with Gasteiger partial charge in [-0.2, -0.15) is 0 Å². The molecule has 0 saturated heterocycles. The molecule has 0 aliphatic carbocycles. The molecule has 1 unspecified atom stereocenters. The van der Waals surface area contributed by atoms with Gasteiger partial charge in [0.2, 0.25) is 0 Å². The number of aryl methyl sites for hydroxylation is 1. The van der Waals surface area contributed by atoms with Gasteiger partial charge in [0, 0.05) is 11.6 Å². The van der Waals surface area contributed by atoms with Crippen molar-refractivity contribution in [1.29, 1.82) is 0 Å². The van der Waals surface area contributed by atoms with Crippen molar-refractivity contribution in [3.63, 3.8) is 0 Å². The van der Waals surface area contributed by atoms with Crippen LogP contribution in [0.3, 0.4) is 0 Å². The quantitative estimate of drug-likeness (QED) is 0.771. The van der Waals surface area contributed by atoms with Crippen LogP contribution in [0.2, 0.25) is 0 Å². The zero-order valence-electron chi connectivity index (χ0n) is 12.5. The molecule has 21 heavy (non-hydrogen) atoms. The van der Waals surface area contributed by atoms with E-state index in [0.717, 1.165) is 12.1 Å². The first-order chi connectivity index (χ1) is 10.3. The maximum absolute atomic E-state index is 4.39. The Labute approximate surface area is 125 Å². The van der Waals surface area contributed by atoms with E-state index in [0.29, 0.717) is 0 Å². The van der Waals surface area contributed by atoms with E-state index in [1.165, 1.54) is 22.1 Å². The molecular formula is C19H20N2. The second-order valence-corrected chi connectivity index (χ2v) is 5.36. The first-order valence-corrected chi connectivity index (χ1v) is 7.42. The highest BCUT2D eigenvalue weighted by molar-refractivity contribution is 5.79. The monoisotopic (exact) mass is 276 g/mol. The smallest absolute Gasteiger partial charge is 0.0702 e. The van der Waals surface area contributed by atoms with E-state index in [-0.39, 0.29) is 6.04 Å². The van der Waals surface area contributed by atoms with Crippen LogP contribution in [0.25, 0.3) is 10.9 Å². The summed E-state index contributed by atoms with van der Waals surface area (Å²) in [4.78, 5) is 4.39. The third kappa shape index (κ3) is 2.96. The summed E-state index contributed by atoms with van der Waals surface area (Å²) in [6.45, 7) is 5.20. The lowest BCUT2D eigenvalue weighted by molar-refractivity contribution is 0.631. The second-order valence-electron chi connectivity index (χ2n) is 5.36. The summed E-state index contributed by atoms with van der Waals surface area (Å²) in [7, 11) is 0. The van der Waals surface area contributed by atoms with E-state index < -0.39 is 0 Å². The predicted molar refractivity (Wildman–Crippen MR) is 88.4 cm³/mol. The Hall–Kier alpha value is -2.19. The molecule has 2 aromatic carbocycles. The van der Waals surface area contributed by atoms with Crippen molar-refractivity contribution in [3.05, 3.63) is 77.5 Å². The molecule has 0 aliphatic heterocycles. The average molecular weight is 276 g/mol. The van der Waals surface area contributed by atoms with Crippen molar-refractivity contribution in [2.45, 2.75) is 19.9 Å². The second kappa shape index (κ2) is 6.06. The number of nitrogens with one attached hydrogen (secondary N) is 1. The van der Waals surface area contributed by atoms with E-state index in [4.69, 9.17) is 0 Å². The van der Waals surface area contributed by atoms with Gasteiger partial charge >= 0.3 is 0 Å². The summed E-state index contributed by atoms with van der Waals surface area (Å²) in [5.74, 6) is 0. The minimum Gasteiger partial charge on any atom is -0.307 e. The summed E-state index contributed by atoms with van der Waals surface area (Å²) in [6.07, 6.45) is 1.84. The van der Waals surface area contributed by atoms with Gasteiger partial charge < -0.3 is 5.32 Å². The molecule has 0 aliphatic rings. The van der Waals surface area contributed by atoms with E-state index in [1.807, 2.05) is 12.3 Å². The Morgan fingerprint density at radius 3 is 2.52 bits per heavy atom. The molecule has 0 fully saturated rings. The lowest BCUT2D eigenvalue weighted by Crippen LogP contribution is -2.21. The Morgan fingerprint density at radius 2 is 1.76 bits per heavy atom. The molecule has 1 atom stereocenters. The van der Waals surface area contributed by atoms with Crippen LogP contribution >= 0.6 is 0 Å². The SMILES string of the molecule is CCNC(c1ccc(C)cc1)c1ccc2ncccc2c1. The van der Waals surface area contributed by atoms with Crippen molar-refractivity contribution in [2.75, 3.05) is 6.54 Å². The summed E-state index contributed by atoms with van der Waals surface area (Å²) in [5, 5.41) is 4.76. The molecule has 3 aromatic rings. The number of hydrogen-bond donors (Lipinski definition) is 1. The first kappa shape index (κ1) is 13.8. The van der Waals surface area contributed by atoms with Gasteiger partial charge in [0.25, 0.3) is 0 Å². The van der Waals surface area contributed by atoms with Gasteiger partial charge in [0.05, 0.1) is 11.6 Å². The van der Waals surface area contributed by atoms with Crippen LogP contribution in [-0.2, 0) is 0 Å². The maximum Gasteiger partial charge on any atom is 0.0702 e. The van der Waals surface area contributed by atoms with Gasteiger partial charge in [-0.05, 0) is 42.8 Å². The minimum absolute atomic E-state index is 0.222. The number of nitrogens with zero attached hydrogens (tertiary/aromatic N) is 1. The number of aromatic nitrogens is 1. The van der Waals surface area contributed by atoms with Crippen LogP contribution in [-0.4, -0.2) is 11.5 Å². The van der Waals surface area contributed by atoms with Crippen LogP contribution in [0.5, 0.6) is 0 Å². The molecule has 0 radical (unpaired) electrons. The normalized spacial score (nSPS) is 12.5. The van der Waals surface area contributed by atoms with Crippen LogP contribution in [0.15, 0.2) is 60.8 Å².